The van der Waals surface area contributed by atoms with E-state index >= 15 is 0 Å². The van der Waals surface area contributed by atoms with Gasteiger partial charge >= 0.3 is 5.69 Å². The molecule has 0 aliphatic rings. The number of benzene rings is 1. The highest BCUT2D eigenvalue weighted by atomic mass is 16.2. The largest absolute Gasteiger partial charge is 0.350 e. The van der Waals surface area contributed by atoms with Gasteiger partial charge in [-0.05, 0) is 36.4 Å². The smallest absolute Gasteiger partial charge is 0.320 e. The third-order valence-electron chi connectivity index (χ3n) is 5.01. The number of hydrogen-bond donors (Lipinski definition) is 1. The highest BCUT2D eigenvalue weighted by Gasteiger charge is 2.16. The number of anilines is 1. The van der Waals surface area contributed by atoms with Crippen LogP contribution in [0.3, 0.4) is 0 Å². The molecule has 5 aromatic rings. The van der Waals surface area contributed by atoms with E-state index in [2.05, 4.69) is 20.4 Å². The lowest BCUT2D eigenvalue weighted by molar-refractivity contribution is 0.102. The Morgan fingerprint density at radius 2 is 1.90 bits per heavy atom. The Hall–Kier alpha value is -4.33. The maximum atomic E-state index is 12.8. The van der Waals surface area contributed by atoms with Crippen molar-refractivity contribution in [3.63, 3.8) is 0 Å². The Balaban J connectivity index is 1.42. The van der Waals surface area contributed by atoms with Crippen LogP contribution in [0.25, 0.3) is 16.6 Å². The van der Waals surface area contributed by atoms with E-state index in [-0.39, 0.29) is 11.6 Å². The summed E-state index contributed by atoms with van der Waals surface area (Å²) in [6.07, 6.45) is 5.34. The minimum atomic E-state index is -0.355. The highest BCUT2D eigenvalue weighted by Crippen LogP contribution is 2.13. The van der Waals surface area contributed by atoms with Gasteiger partial charge in [0.2, 0.25) is 0 Å². The highest BCUT2D eigenvalue weighted by molar-refractivity contribution is 6.08. The molecular weight excluding hydrogens is 392 g/mol. The fourth-order valence-electron chi connectivity index (χ4n) is 3.46. The van der Waals surface area contributed by atoms with Crippen LogP contribution in [0, 0.1) is 0 Å². The third kappa shape index (κ3) is 3.66. The van der Waals surface area contributed by atoms with Gasteiger partial charge in [-0.1, -0.05) is 24.3 Å². The lowest BCUT2D eigenvalue weighted by atomic mass is 10.2. The van der Waals surface area contributed by atoms with Crippen molar-refractivity contribution in [1.82, 2.24) is 24.1 Å². The zero-order valence-electron chi connectivity index (χ0n) is 16.5. The maximum Gasteiger partial charge on any atom is 0.350 e. The Bertz CT molecular complexity index is 1460. The number of amides is 1. The summed E-state index contributed by atoms with van der Waals surface area (Å²) in [7, 11) is 0. The monoisotopic (exact) mass is 410 g/mol. The topological polar surface area (TPSA) is 94.2 Å². The molecule has 152 valence electrons. The number of carbonyl (C=O) groups is 1. The Kier molecular flexibility index (Phi) is 4.72. The van der Waals surface area contributed by atoms with Crippen LogP contribution in [0.4, 0.5) is 5.69 Å². The van der Waals surface area contributed by atoms with Gasteiger partial charge in [0.1, 0.15) is 0 Å². The van der Waals surface area contributed by atoms with Gasteiger partial charge in [-0.3, -0.25) is 14.8 Å². The lowest BCUT2D eigenvalue weighted by Crippen LogP contribution is -2.22. The Morgan fingerprint density at radius 1 is 1.00 bits per heavy atom. The van der Waals surface area contributed by atoms with E-state index < -0.39 is 0 Å². The van der Waals surface area contributed by atoms with Gasteiger partial charge < -0.3 is 5.32 Å². The Labute approximate surface area is 176 Å². The molecule has 1 N–H and O–H groups in total. The summed E-state index contributed by atoms with van der Waals surface area (Å²) in [4.78, 5) is 34.2. The average Bonchev–Trinajstić information content (AvgIpc) is 3.14. The molecule has 31 heavy (non-hydrogen) atoms. The van der Waals surface area contributed by atoms with Crippen LogP contribution in [-0.4, -0.2) is 30.1 Å². The number of aromatic nitrogens is 5. The van der Waals surface area contributed by atoms with E-state index in [0.717, 1.165) is 16.6 Å². The standard InChI is InChI=1S/C23H18N6O2/c30-22(26-18-6-3-12-24-15-18)19-7-4-13-28-21(19)27-29(23(28)31)14-11-17-10-9-16-5-1-2-8-20(16)25-17/h1-10,12-13,15H,11,14H2,(H,26,30). The number of fused-ring (bicyclic) bond motifs is 2. The van der Waals surface area contributed by atoms with Crippen LogP contribution in [-0.2, 0) is 13.0 Å². The molecule has 0 saturated carbocycles. The van der Waals surface area contributed by atoms with E-state index in [1.807, 2.05) is 36.4 Å². The fraction of sp³-hybridized carbons (Fsp3) is 0.0870. The number of carbonyl (C=O) groups excluding carboxylic acids is 1. The predicted molar refractivity (Wildman–Crippen MR) is 117 cm³/mol. The molecule has 8 nitrogen and oxygen atoms in total. The second-order valence-electron chi connectivity index (χ2n) is 7.06. The van der Waals surface area contributed by atoms with Gasteiger partial charge in [-0.25, -0.2) is 13.9 Å². The first-order chi connectivity index (χ1) is 15.2. The molecule has 1 amide bonds. The summed E-state index contributed by atoms with van der Waals surface area (Å²) in [5.41, 5.74) is 2.67. The van der Waals surface area contributed by atoms with Crippen molar-refractivity contribution in [3.8, 4) is 0 Å². The van der Waals surface area contributed by atoms with Crippen molar-refractivity contribution in [2.75, 3.05) is 5.32 Å². The molecule has 4 aromatic heterocycles. The minimum Gasteiger partial charge on any atom is -0.320 e. The predicted octanol–water partition coefficient (Wildman–Crippen LogP) is 2.93. The van der Waals surface area contributed by atoms with E-state index in [1.54, 1.807) is 42.9 Å². The second kappa shape index (κ2) is 7.83. The van der Waals surface area contributed by atoms with Crippen LogP contribution in [0.2, 0.25) is 0 Å². The van der Waals surface area contributed by atoms with Gasteiger partial charge in [0.05, 0.1) is 29.5 Å². The normalized spacial score (nSPS) is 11.1. The van der Waals surface area contributed by atoms with E-state index in [4.69, 9.17) is 0 Å². The van der Waals surface area contributed by atoms with Gasteiger partial charge in [0.15, 0.2) is 5.65 Å². The van der Waals surface area contributed by atoms with Crippen molar-refractivity contribution >= 4 is 28.1 Å². The molecule has 8 heteroatoms. The quantitative estimate of drug-likeness (QED) is 0.481. The van der Waals surface area contributed by atoms with Crippen molar-refractivity contribution in [1.29, 1.82) is 0 Å². The number of para-hydroxylation sites is 1. The summed E-state index contributed by atoms with van der Waals surface area (Å²) in [6, 6.07) is 18.6. The van der Waals surface area contributed by atoms with Crippen molar-refractivity contribution in [2.24, 2.45) is 0 Å². The molecule has 1 aromatic carbocycles. The summed E-state index contributed by atoms with van der Waals surface area (Å²) in [5, 5.41) is 8.26. The lowest BCUT2D eigenvalue weighted by Gasteiger charge is -2.05. The van der Waals surface area contributed by atoms with Crippen LogP contribution in [0.15, 0.2) is 84.0 Å². The van der Waals surface area contributed by atoms with Crippen molar-refractivity contribution < 1.29 is 4.79 Å². The molecule has 0 unspecified atom stereocenters. The number of nitrogens with one attached hydrogen (secondary N) is 1. The van der Waals surface area contributed by atoms with Gasteiger partial charge in [0, 0.05) is 29.9 Å². The Morgan fingerprint density at radius 3 is 2.77 bits per heavy atom. The van der Waals surface area contributed by atoms with Gasteiger partial charge in [0.25, 0.3) is 5.91 Å². The van der Waals surface area contributed by atoms with E-state index in [1.165, 1.54) is 9.08 Å². The number of hydrogen-bond acceptors (Lipinski definition) is 5. The number of aryl methyl sites for hydroxylation is 2. The minimum absolute atomic E-state index is 0.299. The molecule has 0 aliphatic heterocycles. The summed E-state index contributed by atoms with van der Waals surface area (Å²) < 4.78 is 2.75. The second-order valence-corrected chi connectivity index (χ2v) is 7.06. The van der Waals surface area contributed by atoms with E-state index in [9.17, 15) is 9.59 Å². The fourth-order valence-corrected chi connectivity index (χ4v) is 3.46. The van der Waals surface area contributed by atoms with Crippen LogP contribution < -0.4 is 11.0 Å². The summed E-state index contributed by atoms with van der Waals surface area (Å²) in [6.45, 7) is 0.357. The van der Waals surface area contributed by atoms with Crippen LogP contribution in [0.1, 0.15) is 16.1 Å². The molecule has 0 bridgehead atoms. The molecular formula is C23H18N6O2. The van der Waals surface area contributed by atoms with Gasteiger partial charge in [-0.2, -0.15) is 0 Å². The molecule has 0 spiro atoms. The summed E-state index contributed by atoms with van der Waals surface area (Å²) >= 11 is 0. The maximum absolute atomic E-state index is 12.8. The summed E-state index contributed by atoms with van der Waals surface area (Å²) in [5.74, 6) is -0.355. The van der Waals surface area contributed by atoms with Crippen molar-refractivity contribution in [2.45, 2.75) is 13.0 Å². The average molecular weight is 410 g/mol. The molecule has 0 fully saturated rings. The number of nitrogens with zero attached hydrogens (tertiary/aromatic N) is 5. The molecule has 0 radical (unpaired) electrons. The zero-order chi connectivity index (χ0) is 21.2. The van der Waals surface area contributed by atoms with E-state index in [0.29, 0.717) is 29.9 Å². The molecule has 0 saturated heterocycles. The molecule has 5 rings (SSSR count). The van der Waals surface area contributed by atoms with Crippen LogP contribution in [0.5, 0.6) is 0 Å². The molecule has 4 heterocycles. The molecule has 0 aliphatic carbocycles. The van der Waals surface area contributed by atoms with Gasteiger partial charge in [-0.15, -0.1) is 5.10 Å². The number of pyridine rings is 3. The molecule has 0 atom stereocenters. The van der Waals surface area contributed by atoms with Crippen molar-refractivity contribution in [3.05, 3.63) is 101 Å². The first-order valence-electron chi connectivity index (χ1n) is 9.83. The number of rotatable bonds is 5. The first kappa shape index (κ1) is 18.7. The third-order valence-corrected chi connectivity index (χ3v) is 5.01. The first-order valence-corrected chi connectivity index (χ1v) is 9.83. The van der Waals surface area contributed by atoms with Crippen LogP contribution >= 0.6 is 0 Å². The SMILES string of the molecule is O=C(Nc1cccnc1)c1cccn2c(=O)n(CCc3ccc4ccccc4n3)nc12. The zero-order valence-corrected chi connectivity index (χ0v) is 16.5.